The zero-order valence-electron chi connectivity index (χ0n) is 17.7. The molecule has 4 rings (SSSR count). The zero-order chi connectivity index (χ0) is 22.7. The van der Waals surface area contributed by atoms with E-state index in [1.165, 1.54) is 18.2 Å². The lowest BCUT2D eigenvalue weighted by atomic mass is 10.2. The predicted molar refractivity (Wildman–Crippen MR) is 119 cm³/mol. The van der Waals surface area contributed by atoms with Gasteiger partial charge in [-0.25, -0.2) is 9.37 Å². The molecule has 0 aliphatic rings. The topological polar surface area (TPSA) is 97.7 Å². The smallest absolute Gasteiger partial charge is 0.258 e. The molecular formula is C22H22ClFN6O2. The van der Waals surface area contributed by atoms with Crippen LogP contribution in [0.2, 0.25) is 5.02 Å². The Labute approximate surface area is 188 Å². The highest BCUT2D eigenvalue weighted by Gasteiger charge is 2.11. The molecule has 4 aromatic rings. The van der Waals surface area contributed by atoms with Gasteiger partial charge in [0.1, 0.15) is 29.5 Å². The Morgan fingerprint density at radius 1 is 1.25 bits per heavy atom. The second-order valence-electron chi connectivity index (χ2n) is 7.36. The van der Waals surface area contributed by atoms with E-state index in [0.29, 0.717) is 41.3 Å². The molecule has 0 amide bonds. The molecular weight excluding hydrogens is 435 g/mol. The minimum Gasteiger partial charge on any atom is -0.486 e. The van der Waals surface area contributed by atoms with Gasteiger partial charge < -0.3 is 15.0 Å². The summed E-state index contributed by atoms with van der Waals surface area (Å²) >= 11 is 5.78. The van der Waals surface area contributed by atoms with Crippen molar-refractivity contribution in [2.75, 3.05) is 6.54 Å². The number of H-pyrrole nitrogens is 1. The number of aryl methyl sites for hydroxylation is 2. The van der Waals surface area contributed by atoms with Crippen LogP contribution < -0.4 is 15.6 Å². The number of fused-ring (bicyclic) bond motifs is 1. The maximum Gasteiger partial charge on any atom is 0.258 e. The number of benzene rings is 1. The number of pyridine rings is 1. The van der Waals surface area contributed by atoms with E-state index in [1.807, 2.05) is 24.6 Å². The average molecular weight is 457 g/mol. The number of ether oxygens (including phenoxy) is 1. The maximum atomic E-state index is 13.3. The van der Waals surface area contributed by atoms with E-state index in [9.17, 15) is 9.18 Å². The van der Waals surface area contributed by atoms with Crippen LogP contribution in [0, 0.1) is 19.7 Å². The van der Waals surface area contributed by atoms with Crippen molar-refractivity contribution in [1.82, 2.24) is 30.0 Å². The van der Waals surface area contributed by atoms with Gasteiger partial charge in [0.25, 0.3) is 5.56 Å². The van der Waals surface area contributed by atoms with Gasteiger partial charge in [-0.2, -0.15) is 5.10 Å². The van der Waals surface area contributed by atoms with E-state index in [0.717, 1.165) is 17.9 Å². The summed E-state index contributed by atoms with van der Waals surface area (Å²) < 4.78 is 20.9. The summed E-state index contributed by atoms with van der Waals surface area (Å²) in [7, 11) is 0. The summed E-state index contributed by atoms with van der Waals surface area (Å²) in [5, 5.41) is 8.18. The maximum absolute atomic E-state index is 13.3. The fourth-order valence-corrected chi connectivity index (χ4v) is 3.55. The van der Waals surface area contributed by atoms with Crippen LogP contribution >= 0.6 is 11.6 Å². The lowest BCUT2D eigenvalue weighted by Gasteiger charge is -2.10. The minimum atomic E-state index is -0.530. The SMILES string of the molecule is Cc1cc(C)n(CCNCc2nccc3c(=O)[nH]c(COc4ccc(F)c(Cl)c4)nc23)n1. The molecule has 32 heavy (non-hydrogen) atoms. The van der Waals surface area contributed by atoms with Crippen LogP contribution in [0.5, 0.6) is 5.75 Å². The highest BCUT2D eigenvalue weighted by atomic mass is 35.5. The molecule has 10 heteroatoms. The standard InChI is InChI=1S/C22H22ClFN6O2/c1-13-9-14(2)30(29-13)8-7-25-11-19-21-16(5-6-26-19)22(31)28-20(27-21)12-32-15-3-4-18(24)17(23)10-15/h3-6,9-10,25H,7-8,11-12H2,1-2H3,(H,27,28,31). The van der Waals surface area contributed by atoms with E-state index in [4.69, 9.17) is 16.3 Å². The van der Waals surface area contributed by atoms with Crippen LogP contribution in [0.15, 0.2) is 41.3 Å². The third-order valence-electron chi connectivity index (χ3n) is 4.91. The quantitative estimate of drug-likeness (QED) is 0.395. The molecule has 0 aliphatic carbocycles. The van der Waals surface area contributed by atoms with Gasteiger partial charge in [0.2, 0.25) is 0 Å². The van der Waals surface area contributed by atoms with Crippen molar-refractivity contribution in [3.63, 3.8) is 0 Å². The van der Waals surface area contributed by atoms with Crippen molar-refractivity contribution in [3.05, 3.63) is 80.6 Å². The Morgan fingerprint density at radius 3 is 2.84 bits per heavy atom. The molecule has 0 atom stereocenters. The number of aromatic nitrogens is 5. The molecule has 8 nitrogen and oxygen atoms in total. The molecule has 0 radical (unpaired) electrons. The highest BCUT2D eigenvalue weighted by molar-refractivity contribution is 6.30. The number of aromatic amines is 1. The molecule has 3 heterocycles. The summed E-state index contributed by atoms with van der Waals surface area (Å²) in [6, 6.07) is 7.71. The van der Waals surface area contributed by atoms with Crippen molar-refractivity contribution in [2.45, 2.75) is 33.5 Å². The highest BCUT2D eigenvalue weighted by Crippen LogP contribution is 2.21. The summed E-state index contributed by atoms with van der Waals surface area (Å²) in [6.07, 6.45) is 1.59. The largest absolute Gasteiger partial charge is 0.486 e. The molecule has 0 saturated carbocycles. The van der Waals surface area contributed by atoms with Crippen LogP contribution in [-0.2, 0) is 19.7 Å². The van der Waals surface area contributed by atoms with Gasteiger partial charge in [-0.05, 0) is 38.1 Å². The van der Waals surface area contributed by atoms with Crippen LogP contribution in [0.3, 0.4) is 0 Å². The lowest BCUT2D eigenvalue weighted by molar-refractivity contribution is 0.295. The van der Waals surface area contributed by atoms with Crippen LogP contribution in [0.4, 0.5) is 4.39 Å². The molecule has 0 bridgehead atoms. The third kappa shape index (κ3) is 4.95. The average Bonchev–Trinajstić information content (AvgIpc) is 3.09. The van der Waals surface area contributed by atoms with E-state index in [2.05, 4.69) is 25.4 Å². The first-order valence-corrected chi connectivity index (χ1v) is 10.4. The Kier molecular flexibility index (Phi) is 6.48. The Bertz CT molecular complexity index is 1320. The Hall–Kier alpha value is -3.30. The predicted octanol–water partition coefficient (Wildman–Crippen LogP) is 3.29. The fraction of sp³-hybridized carbons (Fsp3) is 0.273. The number of nitrogens with one attached hydrogen (secondary N) is 2. The number of hydrogen-bond acceptors (Lipinski definition) is 6. The Morgan fingerprint density at radius 2 is 2.09 bits per heavy atom. The number of hydrogen-bond donors (Lipinski definition) is 2. The normalized spacial score (nSPS) is 11.2. The van der Waals surface area contributed by atoms with Gasteiger partial charge in [-0.3, -0.25) is 14.5 Å². The van der Waals surface area contributed by atoms with Crippen molar-refractivity contribution in [3.8, 4) is 5.75 Å². The summed E-state index contributed by atoms with van der Waals surface area (Å²) in [6.45, 7) is 5.83. The molecule has 0 unspecified atom stereocenters. The van der Waals surface area contributed by atoms with Gasteiger partial charge in [0.05, 0.1) is 28.3 Å². The molecule has 0 saturated heterocycles. The van der Waals surface area contributed by atoms with E-state index in [1.54, 1.807) is 12.3 Å². The molecule has 0 spiro atoms. The van der Waals surface area contributed by atoms with Crippen molar-refractivity contribution in [2.24, 2.45) is 0 Å². The van der Waals surface area contributed by atoms with Gasteiger partial charge >= 0.3 is 0 Å². The monoisotopic (exact) mass is 456 g/mol. The van der Waals surface area contributed by atoms with Crippen molar-refractivity contribution >= 4 is 22.5 Å². The second kappa shape index (κ2) is 9.46. The molecule has 0 fully saturated rings. The minimum absolute atomic E-state index is 0.00711. The Balaban J connectivity index is 1.46. The first-order valence-electron chi connectivity index (χ1n) is 10.1. The van der Waals surface area contributed by atoms with E-state index < -0.39 is 5.82 Å². The van der Waals surface area contributed by atoms with Crippen LogP contribution in [0.1, 0.15) is 22.9 Å². The van der Waals surface area contributed by atoms with Gasteiger partial charge in [-0.15, -0.1) is 0 Å². The third-order valence-corrected chi connectivity index (χ3v) is 5.20. The van der Waals surface area contributed by atoms with Crippen LogP contribution in [0.25, 0.3) is 10.9 Å². The second-order valence-corrected chi connectivity index (χ2v) is 7.77. The first kappa shape index (κ1) is 21.9. The van der Waals surface area contributed by atoms with Crippen LogP contribution in [-0.4, -0.2) is 31.3 Å². The fourth-order valence-electron chi connectivity index (χ4n) is 3.38. The van der Waals surface area contributed by atoms with E-state index in [-0.39, 0.29) is 17.2 Å². The number of nitrogens with zero attached hydrogens (tertiary/aromatic N) is 4. The van der Waals surface area contributed by atoms with Gasteiger partial charge in [-0.1, -0.05) is 11.6 Å². The van der Waals surface area contributed by atoms with Crippen molar-refractivity contribution in [1.29, 1.82) is 0 Å². The number of halogens is 2. The van der Waals surface area contributed by atoms with E-state index >= 15 is 0 Å². The van der Waals surface area contributed by atoms with Gasteiger partial charge in [0, 0.05) is 31.0 Å². The summed E-state index contributed by atoms with van der Waals surface area (Å²) in [4.78, 5) is 24.2. The molecule has 0 aliphatic heterocycles. The zero-order valence-corrected chi connectivity index (χ0v) is 18.4. The van der Waals surface area contributed by atoms with Gasteiger partial charge in [0.15, 0.2) is 0 Å². The first-order chi connectivity index (χ1) is 15.4. The molecule has 166 valence electrons. The summed E-state index contributed by atoms with van der Waals surface area (Å²) in [5.41, 5.74) is 2.97. The molecule has 2 N–H and O–H groups in total. The van der Waals surface area contributed by atoms with Crippen molar-refractivity contribution < 1.29 is 9.13 Å². The summed E-state index contributed by atoms with van der Waals surface area (Å²) in [5.74, 6) is 0.175. The number of rotatable bonds is 8. The molecule has 1 aromatic carbocycles. The molecule has 3 aromatic heterocycles. The lowest BCUT2D eigenvalue weighted by Crippen LogP contribution is -2.22.